The monoisotopic (exact) mass is 572 g/mol. The highest BCUT2D eigenvalue weighted by Gasteiger charge is 2.24. The second-order valence-corrected chi connectivity index (χ2v) is 8.58. The van der Waals surface area contributed by atoms with Crippen LogP contribution >= 0.6 is 24.2 Å². The Balaban J connectivity index is -0.000000275. The van der Waals surface area contributed by atoms with Gasteiger partial charge in [-0.15, -0.1) is 0 Å². The van der Waals surface area contributed by atoms with Gasteiger partial charge in [0.2, 0.25) is 12.3 Å². The van der Waals surface area contributed by atoms with Crippen molar-refractivity contribution in [3.05, 3.63) is 58.7 Å². The number of allylic oxidation sites excluding steroid dienone is 5. The zero-order valence-electron chi connectivity index (χ0n) is 24.9. The first kappa shape index (κ1) is 42.9. The number of carbonyl (C=O) groups excluding carboxylic acids is 3. The largest absolute Gasteiger partial charge is 0.355 e. The van der Waals surface area contributed by atoms with E-state index in [9.17, 15) is 9.59 Å². The summed E-state index contributed by atoms with van der Waals surface area (Å²) in [6.45, 7) is 26.0. The van der Waals surface area contributed by atoms with Crippen LogP contribution in [0.2, 0.25) is 0 Å². The molecule has 2 amide bonds. The van der Waals surface area contributed by atoms with Gasteiger partial charge in [0.1, 0.15) is 6.79 Å². The van der Waals surface area contributed by atoms with E-state index in [-0.39, 0.29) is 5.91 Å². The molecule has 0 aliphatic carbocycles. The van der Waals surface area contributed by atoms with Gasteiger partial charge in [-0.05, 0) is 38.8 Å². The molecule has 0 aromatic rings. The van der Waals surface area contributed by atoms with Gasteiger partial charge in [-0.2, -0.15) is 12.6 Å². The molecule has 0 saturated carbocycles. The first-order valence-electron chi connectivity index (χ1n) is 13.0. The highest BCUT2D eigenvalue weighted by atomic mass is 35.5. The fraction of sp³-hybridized carbons (Fsp3) is 0.552. The minimum absolute atomic E-state index is 0.00241. The van der Waals surface area contributed by atoms with Crippen LogP contribution in [0.25, 0.3) is 0 Å². The molecule has 1 saturated heterocycles. The van der Waals surface area contributed by atoms with Crippen molar-refractivity contribution in [2.45, 2.75) is 61.4 Å². The summed E-state index contributed by atoms with van der Waals surface area (Å²) in [5.41, 5.74) is 9.11. The van der Waals surface area contributed by atoms with Gasteiger partial charge in [0.15, 0.2) is 0 Å². The molecule has 1 fully saturated rings. The van der Waals surface area contributed by atoms with Crippen LogP contribution in [0, 0.1) is 0 Å². The summed E-state index contributed by atoms with van der Waals surface area (Å²) in [5.74, 6) is 0.385. The van der Waals surface area contributed by atoms with Crippen LogP contribution in [-0.4, -0.2) is 80.0 Å². The van der Waals surface area contributed by atoms with E-state index in [4.69, 9.17) is 22.1 Å². The number of nitrogens with zero attached hydrogens (tertiary/aromatic N) is 2. The fourth-order valence-electron chi connectivity index (χ4n) is 3.00. The molecule has 0 radical (unpaired) electrons. The van der Waals surface area contributed by atoms with Crippen LogP contribution in [0.15, 0.2) is 58.7 Å². The first-order valence-corrected chi connectivity index (χ1v) is 14.0. The lowest BCUT2D eigenvalue weighted by Crippen LogP contribution is -2.53. The Bertz CT molecular complexity index is 736. The second kappa shape index (κ2) is 31.1. The number of rotatable bonds is 10. The van der Waals surface area contributed by atoms with Crippen LogP contribution in [0.1, 0.15) is 55.4 Å². The van der Waals surface area contributed by atoms with E-state index in [1.807, 2.05) is 91.4 Å². The molecule has 7 nitrogen and oxygen atoms in total. The maximum Gasteiger partial charge on any atom is 0.240 e. The molecule has 3 N–H and O–H groups in total. The maximum atomic E-state index is 12.0. The smallest absolute Gasteiger partial charge is 0.240 e. The molecule has 1 heterocycles. The molecule has 0 aromatic carbocycles. The van der Waals surface area contributed by atoms with E-state index in [0.29, 0.717) is 31.8 Å². The Labute approximate surface area is 243 Å². The van der Waals surface area contributed by atoms with E-state index in [1.165, 1.54) is 5.57 Å². The van der Waals surface area contributed by atoms with Crippen LogP contribution in [-0.2, 0) is 14.4 Å². The molecule has 1 aliphatic heterocycles. The third-order valence-electron chi connectivity index (χ3n) is 4.60. The summed E-state index contributed by atoms with van der Waals surface area (Å²) in [4.78, 5) is 34.1. The minimum atomic E-state index is -0.492. The SMILES string of the molecule is C/C=C\C(CN1CCN(C(=O)C(N)CS)CC1)=C(/C)Cl.C=C/C=C(\C=C(C)C)CNC=O.C=O.CC.CC. The normalized spacial score (nSPS) is 14.3. The average molecular weight is 573 g/mol. The van der Waals surface area contributed by atoms with Crippen LogP contribution in [0.5, 0.6) is 0 Å². The van der Waals surface area contributed by atoms with Gasteiger partial charge in [-0.25, -0.2) is 0 Å². The summed E-state index contributed by atoms with van der Waals surface area (Å²) in [5, 5.41) is 3.42. The summed E-state index contributed by atoms with van der Waals surface area (Å²) >= 11 is 10.2. The van der Waals surface area contributed by atoms with E-state index >= 15 is 0 Å². The molecule has 0 spiro atoms. The number of hydrogen-bond donors (Lipinski definition) is 3. The summed E-state index contributed by atoms with van der Waals surface area (Å²) in [7, 11) is 0. The predicted octanol–water partition coefficient (Wildman–Crippen LogP) is 5.16. The third kappa shape index (κ3) is 23.0. The highest BCUT2D eigenvalue weighted by molar-refractivity contribution is 7.80. The van der Waals surface area contributed by atoms with Gasteiger partial charge >= 0.3 is 0 Å². The number of hydrogen-bond acceptors (Lipinski definition) is 6. The Morgan fingerprint density at radius 3 is 2.00 bits per heavy atom. The quantitative estimate of drug-likeness (QED) is 0.191. The lowest BCUT2D eigenvalue weighted by Gasteiger charge is -2.36. The standard InChI is InChI=1S/C14H24ClN3OS.C10H15NO.2C2H6.CH2O/c1-3-4-12(11(2)15)9-17-5-7-18(8-6-17)14(19)13(16)10-20;1-4-5-10(6-9(2)3)7-11-8-12;3*1-2/h3-4,13,20H,5-10,16H2,1-2H3;4-6,8H,1,7H2,2-3H3,(H,11,12);2*1-2H3;1H2/b4-3-,12-11-;10-5+;;;. The Morgan fingerprint density at radius 2 is 1.63 bits per heavy atom. The molecule has 1 aliphatic rings. The highest BCUT2D eigenvalue weighted by Crippen LogP contribution is 2.14. The third-order valence-corrected chi connectivity index (χ3v) is 5.23. The summed E-state index contributed by atoms with van der Waals surface area (Å²) < 4.78 is 0. The molecule has 1 atom stereocenters. The van der Waals surface area contributed by atoms with Crippen molar-refractivity contribution >= 4 is 43.3 Å². The van der Waals surface area contributed by atoms with Crippen molar-refractivity contribution in [1.82, 2.24) is 15.1 Å². The fourth-order valence-corrected chi connectivity index (χ4v) is 3.28. The minimum Gasteiger partial charge on any atom is -0.355 e. The number of piperazine rings is 1. The lowest BCUT2D eigenvalue weighted by atomic mass is 10.2. The first-order chi connectivity index (χ1) is 18.2. The van der Waals surface area contributed by atoms with E-state index in [1.54, 1.807) is 6.08 Å². The predicted molar refractivity (Wildman–Crippen MR) is 170 cm³/mol. The number of halogens is 1. The van der Waals surface area contributed by atoms with Crippen molar-refractivity contribution < 1.29 is 14.4 Å². The molecule has 0 bridgehead atoms. The molecule has 220 valence electrons. The topological polar surface area (TPSA) is 95.7 Å². The summed E-state index contributed by atoms with van der Waals surface area (Å²) in [6.07, 6.45) is 10.3. The van der Waals surface area contributed by atoms with Crippen LogP contribution in [0.4, 0.5) is 0 Å². The number of amides is 2. The van der Waals surface area contributed by atoms with E-state index < -0.39 is 6.04 Å². The zero-order chi connectivity index (χ0) is 30.5. The van der Waals surface area contributed by atoms with Gasteiger partial charge in [0.25, 0.3) is 0 Å². The number of carbonyl (C=O) groups is 3. The molecule has 1 unspecified atom stereocenters. The molecule has 38 heavy (non-hydrogen) atoms. The molecule has 9 heteroatoms. The van der Waals surface area contributed by atoms with Crippen LogP contribution < -0.4 is 11.1 Å². The number of thiol groups is 1. The van der Waals surface area contributed by atoms with Gasteiger partial charge in [0, 0.05) is 50.1 Å². The van der Waals surface area contributed by atoms with E-state index in [0.717, 1.165) is 35.8 Å². The van der Waals surface area contributed by atoms with E-state index in [2.05, 4.69) is 29.4 Å². The molecular formula is C29H53ClN4O3S. The van der Waals surface area contributed by atoms with Crippen LogP contribution in [0.3, 0.4) is 0 Å². The van der Waals surface area contributed by atoms with Crippen molar-refractivity contribution in [3.8, 4) is 0 Å². The Hall–Kier alpha value is -2.13. The van der Waals surface area contributed by atoms with Crippen molar-refractivity contribution in [3.63, 3.8) is 0 Å². The molecular weight excluding hydrogens is 520 g/mol. The van der Waals surface area contributed by atoms with Crippen molar-refractivity contribution in [2.75, 3.05) is 45.0 Å². The van der Waals surface area contributed by atoms with Gasteiger partial charge in [0.05, 0.1) is 6.04 Å². The lowest BCUT2D eigenvalue weighted by molar-refractivity contribution is -0.133. The van der Waals surface area contributed by atoms with Crippen molar-refractivity contribution in [1.29, 1.82) is 0 Å². The molecule has 0 aromatic heterocycles. The maximum absolute atomic E-state index is 12.0. The van der Waals surface area contributed by atoms with Gasteiger partial charge in [-0.3, -0.25) is 14.5 Å². The van der Waals surface area contributed by atoms with Gasteiger partial charge < -0.3 is 20.7 Å². The average Bonchev–Trinajstić information content (AvgIpc) is 2.94. The summed E-state index contributed by atoms with van der Waals surface area (Å²) in [6, 6.07) is -0.492. The number of nitrogens with one attached hydrogen (secondary N) is 1. The molecule has 1 rings (SSSR count). The Morgan fingerprint density at radius 1 is 1.11 bits per heavy atom. The van der Waals surface area contributed by atoms with Gasteiger partial charge in [-0.1, -0.05) is 81.8 Å². The van der Waals surface area contributed by atoms with Crippen molar-refractivity contribution in [2.24, 2.45) is 5.73 Å². The number of nitrogens with two attached hydrogens (primary N) is 1. The Kier molecular flexibility index (Phi) is 35.1. The zero-order valence-corrected chi connectivity index (χ0v) is 26.6. The second-order valence-electron chi connectivity index (χ2n) is 7.65.